The molecule has 4 aromatic heterocycles. The molecule has 0 aliphatic carbocycles. The molecule has 0 spiro atoms. The number of likely N-dealkylation sites (tertiary alicyclic amines) is 3. The van der Waals surface area contributed by atoms with Crippen LogP contribution in [0, 0.1) is 64.1 Å². The van der Waals surface area contributed by atoms with Crippen molar-refractivity contribution in [1.82, 2.24) is 36.0 Å². The number of piperidine rings is 4. The molecule has 48 heteroatoms. The van der Waals surface area contributed by atoms with Crippen molar-refractivity contribution < 1.29 is 109 Å². The minimum absolute atomic E-state index is 0. The maximum atomic E-state index is 12.7. The van der Waals surface area contributed by atoms with Gasteiger partial charge in [0.2, 0.25) is 17.7 Å². The van der Waals surface area contributed by atoms with Crippen molar-refractivity contribution in [2.75, 3.05) is 59.0 Å². The van der Waals surface area contributed by atoms with E-state index in [0.29, 0.717) is 163 Å². The third kappa shape index (κ3) is 31.5. The van der Waals surface area contributed by atoms with E-state index < -0.39 is 72.3 Å². The molecule has 16 rings (SSSR count). The average molecular weight is 2090 g/mol. The van der Waals surface area contributed by atoms with Gasteiger partial charge in [-0.05, 0) is 254 Å². The largest absolute Gasteiger partial charge is 0.466 e. The molecule has 8 aromatic rings. The Balaban J connectivity index is 0.000000176. The molecule has 6 N–H and O–H groups in total. The Morgan fingerprint density at radius 2 is 0.641 bits per heavy atom. The SMILES string of the molecule is CC(C)(C)OC(=O)N1CCC(C(=O)NC2=NC(=O)/C(=C/c3ccc(-c4ccccc4[N+](=O)[O-])o3)S2)CC1.CC(C)(C)OC(=O)N1CCC(C(=O)NC2=NC(=O)/C(=C/c3ccc(-c4ccccc4[N+](=O)[O-])o3)S2)CC1.CCOC(=O)C1CCN(C(=O)OC(C)(C)C)CC1.Cl.NC1=NC(=O)/C(=C/c2ccc(-c3ccccc3[N+](=O)[O-])o2)S1.O=C1N=C(NC(=O)C2CCNCC2)S/C1=C\c1ccc(-c2ccccc2[N+](=O)[O-])o1. The normalized spacial score (nSPS) is 17.4. The number of furan rings is 4. The summed E-state index contributed by atoms with van der Waals surface area (Å²) in [5.74, 6) is -0.901. The quantitative estimate of drug-likeness (QED) is 0.0186. The van der Waals surface area contributed by atoms with Gasteiger partial charge in [-0.25, -0.2) is 14.4 Å². The van der Waals surface area contributed by atoms with Crippen molar-refractivity contribution in [1.29, 1.82) is 0 Å². The van der Waals surface area contributed by atoms with Gasteiger partial charge < -0.3 is 78.3 Å². The van der Waals surface area contributed by atoms with Gasteiger partial charge in [-0.3, -0.25) is 78.8 Å². The zero-order valence-electron chi connectivity index (χ0n) is 80.1. The van der Waals surface area contributed by atoms with Gasteiger partial charge in [0.05, 0.1) is 74.1 Å². The van der Waals surface area contributed by atoms with Crippen LogP contribution < -0.4 is 27.0 Å². The van der Waals surface area contributed by atoms with Crippen molar-refractivity contribution in [3.05, 3.63) is 229 Å². The average Bonchev–Trinajstić information content (AvgIpc) is 1.68. The number of nitro groups is 4. The summed E-state index contributed by atoms with van der Waals surface area (Å²) in [5, 5.41) is 56.9. The number of rotatable bonds is 17. The molecule has 0 radical (unpaired) electrons. The lowest BCUT2D eigenvalue weighted by Gasteiger charge is -2.32. The first-order valence-corrected chi connectivity index (χ1v) is 48.6. The van der Waals surface area contributed by atoms with Crippen molar-refractivity contribution in [3.63, 3.8) is 0 Å². The van der Waals surface area contributed by atoms with Crippen LogP contribution >= 0.6 is 59.5 Å². The zero-order valence-corrected chi connectivity index (χ0v) is 84.1. The molecule has 4 aromatic carbocycles. The molecule has 0 bridgehead atoms. The zero-order chi connectivity index (χ0) is 104. The molecule has 43 nitrogen and oxygen atoms in total. The fourth-order valence-corrected chi connectivity index (χ4v) is 17.9. The summed E-state index contributed by atoms with van der Waals surface area (Å²) in [4.78, 5) is 198. The van der Waals surface area contributed by atoms with Crippen LogP contribution in [0.15, 0.2) is 203 Å². The summed E-state index contributed by atoms with van der Waals surface area (Å²) < 4.78 is 43.7. The van der Waals surface area contributed by atoms with E-state index in [1.54, 1.807) is 184 Å². The maximum Gasteiger partial charge on any atom is 0.410 e. The molecule has 0 saturated carbocycles. The number of para-hydroxylation sites is 4. The molecule has 4 saturated heterocycles. The van der Waals surface area contributed by atoms with Gasteiger partial charge in [0.15, 0.2) is 20.7 Å². The Morgan fingerprint density at radius 3 is 0.890 bits per heavy atom. The predicted octanol–water partition coefficient (Wildman–Crippen LogP) is 17.5. The lowest BCUT2D eigenvalue weighted by atomic mass is 9.96. The van der Waals surface area contributed by atoms with Crippen molar-refractivity contribution in [3.8, 4) is 45.3 Å². The monoisotopic (exact) mass is 2090 g/mol. The second-order valence-electron chi connectivity index (χ2n) is 35.7. The van der Waals surface area contributed by atoms with Crippen LogP contribution in [0.3, 0.4) is 0 Å². The Hall–Kier alpha value is -14.9. The molecule has 8 aliphatic heterocycles. The molecule has 10 amide bonds. The number of ether oxygens (including phenoxy) is 4. The van der Waals surface area contributed by atoms with Crippen LogP contribution in [-0.4, -0.2) is 196 Å². The second kappa shape index (κ2) is 49.8. The van der Waals surface area contributed by atoms with E-state index in [1.165, 1.54) is 48.6 Å². The third-order valence-corrected chi connectivity index (χ3v) is 25.3. The van der Waals surface area contributed by atoms with Gasteiger partial charge in [-0.2, -0.15) is 20.0 Å². The second-order valence-corrected chi connectivity index (χ2v) is 39.9. The number of hydrogen-bond acceptors (Lipinski definition) is 33. The number of nitrogens with one attached hydrogen (secondary N) is 4. The lowest BCUT2D eigenvalue weighted by molar-refractivity contribution is -0.384. The summed E-state index contributed by atoms with van der Waals surface area (Å²) in [6, 6.07) is 37.8. The molecule has 12 heterocycles. The fourth-order valence-electron chi connectivity index (χ4n) is 14.9. The Kier molecular flexibility index (Phi) is 38.0. The van der Waals surface area contributed by atoms with Crippen LogP contribution in [0.2, 0.25) is 0 Å². The fraction of sp³-hybridized carbons (Fsp3) is 0.351. The van der Waals surface area contributed by atoms with Crippen LogP contribution in [0.5, 0.6) is 0 Å². The number of hydrogen-bond donors (Lipinski definition) is 5. The molecular weight excluding hydrogens is 1980 g/mol. The van der Waals surface area contributed by atoms with Crippen LogP contribution in [-0.2, 0) is 57.3 Å². The standard InChI is InChI=1S/2C25H26N4O7S.C20H18N4O5S.C14H9N3O4S.C13H23NO4.ClH/c2*1-25(2,3)36-24(32)28-12-10-15(11-13-28)21(30)26-23-27-22(31)20(37-23)14-16-8-9-19(35-16)17-6-4-5-7-18(17)29(33)34;25-18(12-7-9-21-10-8-12)22-20-23-19(26)17(30-20)11-13-5-6-16(29-13)14-3-1-2-4-15(14)24(27)28;15-14-16-13(18)12(22-14)7-8-5-6-11(21-8)9-3-1-2-4-10(9)17(19)20;1-5-17-11(15)10-6-8-14(9-7-10)12(16)18-13(2,3)4;/h2*4-9,14-15H,10-13H2,1-3H3,(H,26,27,30,31);1-6,11-12,21H,7-10H2,(H,22,23,25,26);1-7H,(H2,15,16,18);10H,5-9H2,1-4H3;1H/b2*20-14-;17-11-;12-7-;;. The van der Waals surface area contributed by atoms with E-state index in [1.807, 2.05) is 20.8 Å². The van der Waals surface area contributed by atoms with Crippen molar-refractivity contribution >= 4 is 193 Å². The van der Waals surface area contributed by atoms with Gasteiger partial charge >= 0.3 is 24.2 Å². The first-order chi connectivity index (χ1) is 68.4. The van der Waals surface area contributed by atoms with Gasteiger partial charge in [0.25, 0.3) is 46.4 Å². The molecule has 4 fully saturated rings. The topological polar surface area (TPSA) is 583 Å². The first kappa shape index (κ1) is 110. The van der Waals surface area contributed by atoms with E-state index in [4.69, 9.17) is 42.3 Å². The number of aliphatic imine (C=N–C) groups is 4. The highest BCUT2D eigenvalue weighted by molar-refractivity contribution is 8.19. The summed E-state index contributed by atoms with van der Waals surface area (Å²) in [6.45, 7) is 22.8. The van der Waals surface area contributed by atoms with Gasteiger partial charge in [0.1, 0.15) is 62.9 Å². The van der Waals surface area contributed by atoms with Gasteiger partial charge in [-0.15, -0.1) is 12.4 Å². The van der Waals surface area contributed by atoms with Gasteiger partial charge in [0, 0.05) is 106 Å². The Bertz CT molecular complexity index is 6340. The number of nitro benzene ring substituents is 4. The minimum atomic E-state index is -0.586. The van der Waals surface area contributed by atoms with Crippen LogP contribution in [0.1, 0.15) is 144 Å². The number of amides is 10. The predicted molar refractivity (Wildman–Crippen MR) is 545 cm³/mol. The number of halogens is 1. The van der Waals surface area contributed by atoms with Crippen molar-refractivity contribution in [2.45, 2.75) is 137 Å². The van der Waals surface area contributed by atoms with E-state index in [2.05, 4.69) is 41.2 Å². The van der Waals surface area contributed by atoms with Crippen LogP contribution in [0.4, 0.5) is 37.1 Å². The van der Waals surface area contributed by atoms with Crippen molar-refractivity contribution in [2.24, 2.45) is 49.4 Å². The number of nitrogens with two attached hydrogens (primary N) is 1. The molecule has 0 atom stereocenters. The van der Waals surface area contributed by atoms with Crippen LogP contribution in [0.25, 0.3) is 69.6 Å². The molecule has 0 unspecified atom stereocenters. The van der Waals surface area contributed by atoms with Gasteiger partial charge in [-0.1, -0.05) is 48.5 Å². The molecule has 145 heavy (non-hydrogen) atoms. The Labute approximate surface area is 852 Å². The number of carbonyl (C=O) groups excluding carboxylic acids is 11. The van der Waals surface area contributed by atoms with E-state index in [0.717, 1.165) is 73.0 Å². The Morgan fingerprint density at radius 1 is 0.393 bits per heavy atom. The smallest absolute Gasteiger partial charge is 0.410 e. The van der Waals surface area contributed by atoms with E-state index in [-0.39, 0.29) is 119 Å². The maximum absolute atomic E-state index is 12.7. The summed E-state index contributed by atoms with van der Waals surface area (Å²) in [7, 11) is 0. The molecule has 8 aliphatic rings. The van der Waals surface area contributed by atoms with E-state index >= 15 is 0 Å². The number of thioether (sulfide) groups is 4. The highest BCUT2D eigenvalue weighted by Crippen LogP contribution is 2.41. The highest BCUT2D eigenvalue weighted by Gasteiger charge is 2.38. The summed E-state index contributed by atoms with van der Waals surface area (Å²) in [6.07, 6.45) is 9.58. The summed E-state index contributed by atoms with van der Waals surface area (Å²) in [5.41, 5.74) is 4.89. The van der Waals surface area contributed by atoms with E-state index in [9.17, 15) is 93.2 Å². The lowest BCUT2D eigenvalue weighted by Crippen LogP contribution is -2.45. The number of benzene rings is 4. The highest BCUT2D eigenvalue weighted by atomic mass is 35.5. The number of amidine groups is 4. The number of carbonyl (C=O) groups is 11. The molecule has 764 valence electrons. The first-order valence-electron chi connectivity index (χ1n) is 45.3. The third-order valence-electron chi connectivity index (χ3n) is 21.8. The summed E-state index contributed by atoms with van der Waals surface area (Å²) >= 11 is 4.13. The molecular formula is C97H103ClN16O27S4. The number of nitrogens with zero attached hydrogens (tertiary/aromatic N) is 11. The number of esters is 1. The minimum Gasteiger partial charge on any atom is -0.466 e.